The van der Waals surface area contributed by atoms with Gasteiger partial charge >= 0.3 is 0 Å². The molecule has 0 amide bonds. The number of aromatic nitrogens is 2. The Kier molecular flexibility index (Phi) is 5.79. The van der Waals surface area contributed by atoms with Crippen molar-refractivity contribution < 1.29 is 8.76 Å². The molecule has 7 heteroatoms. The monoisotopic (exact) mass is 256 g/mol. The SMILES string of the molecule is NS(=O)[O-].c1ccc(Cc2csnn2)cc1. The van der Waals surface area contributed by atoms with E-state index in [9.17, 15) is 0 Å². The molecule has 0 saturated heterocycles. The van der Waals surface area contributed by atoms with Gasteiger partial charge in [-0.05, 0) is 17.1 Å². The van der Waals surface area contributed by atoms with Crippen molar-refractivity contribution >= 4 is 22.8 Å². The lowest BCUT2D eigenvalue weighted by atomic mass is 10.1. The first-order valence-electron chi connectivity index (χ1n) is 4.32. The standard InChI is InChI=1S/C9H8N2S.H3NO2S/c1-2-4-8(5-3-1)6-9-7-12-11-10-9;1-4(2)3/h1-5,7H,6H2;1H2,(H,2,3)/p-1. The minimum absolute atomic E-state index is 0.886. The second-order valence-corrected chi connectivity index (χ2v) is 3.95. The van der Waals surface area contributed by atoms with Gasteiger partial charge in [0.25, 0.3) is 0 Å². The largest absolute Gasteiger partial charge is 0.760 e. The number of hydrogen-bond donors (Lipinski definition) is 1. The van der Waals surface area contributed by atoms with E-state index in [4.69, 9.17) is 8.76 Å². The van der Waals surface area contributed by atoms with Crippen molar-refractivity contribution in [3.05, 3.63) is 47.0 Å². The van der Waals surface area contributed by atoms with Crippen molar-refractivity contribution in [1.29, 1.82) is 0 Å². The summed E-state index contributed by atoms with van der Waals surface area (Å²) in [5, 5.41) is 9.99. The second kappa shape index (κ2) is 7.18. The second-order valence-electron chi connectivity index (χ2n) is 2.82. The van der Waals surface area contributed by atoms with E-state index >= 15 is 0 Å². The van der Waals surface area contributed by atoms with Crippen LogP contribution in [0, 0.1) is 0 Å². The van der Waals surface area contributed by atoms with Crippen molar-refractivity contribution in [2.45, 2.75) is 6.42 Å². The molecular weight excluding hydrogens is 246 g/mol. The van der Waals surface area contributed by atoms with Crippen molar-refractivity contribution in [3.63, 3.8) is 0 Å². The summed E-state index contributed by atoms with van der Waals surface area (Å²) in [5.41, 5.74) is 2.33. The summed E-state index contributed by atoms with van der Waals surface area (Å²) in [4.78, 5) is 0. The number of nitrogens with zero attached hydrogens (tertiary/aromatic N) is 2. The van der Waals surface area contributed by atoms with Crippen LogP contribution in [0.5, 0.6) is 0 Å². The lowest BCUT2D eigenvalue weighted by Crippen LogP contribution is -1.97. The highest BCUT2D eigenvalue weighted by Gasteiger charge is 1.96. The van der Waals surface area contributed by atoms with Gasteiger partial charge in [-0.1, -0.05) is 34.8 Å². The quantitative estimate of drug-likeness (QED) is 0.807. The fourth-order valence-corrected chi connectivity index (χ4v) is 1.52. The van der Waals surface area contributed by atoms with Crippen molar-refractivity contribution in [2.75, 3.05) is 0 Å². The summed E-state index contributed by atoms with van der Waals surface area (Å²) >= 11 is -0.963. The molecule has 0 radical (unpaired) electrons. The Labute approximate surface area is 99.9 Å². The molecule has 0 aliphatic rings. The van der Waals surface area contributed by atoms with Gasteiger partial charge in [-0.25, -0.2) is 0 Å². The highest BCUT2D eigenvalue weighted by molar-refractivity contribution is 7.76. The molecule has 2 aromatic rings. The molecule has 5 nitrogen and oxygen atoms in total. The molecule has 1 aromatic heterocycles. The van der Waals surface area contributed by atoms with E-state index in [1.54, 1.807) is 0 Å². The van der Waals surface area contributed by atoms with Crippen LogP contribution in [0.15, 0.2) is 35.7 Å². The third kappa shape index (κ3) is 5.66. The fraction of sp³-hybridized carbons (Fsp3) is 0.111. The van der Waals surface area contributed by atoms with Gasteiger partial charge in [-0.2, -0.15) is 0 Å². The molecule has 0 aliphatic heterocycles. The minimum Gasteiger partial charge on any atom is -0.760 e. The lowest BCUT2D eigenvalue weighted by Gasteiger charge is -1.94. The normalized spacial score (nSPS) is 11.4. The lowest BCUT2D eigenvalue weighted by molar-refractivity contribution is 0.539. The fourth-order valence-electron chi connectivity index (χ4n) is 1.07. The predicted molar refractivity (Wildman–Crippen MR) is 62.3 cm³/mol. The van der Waals surface area contributed by atoms with E-state index in [1.165, 1.54) is 17.1 Å². The number of benzene rings is 1. The molecule has 1 heterocycles. The van der Waals surface area contributed by atoms with Gasteiger partial charge in [0.1, 0.15) is 0 Å². The average Bonchev–Trinajstić information content (AvgIpc) is 2.71. The van der Waals surface area contributed by atoms with Gasteiger partial charge in [-0.3, -0.25) is 9.35 Å². The van der Waals surface area contributed by atoms with Gasteiger partial charge in [0.05, 0.1) is 5.69 Å². The Morgan fingerprint density at radius 3 is 2.50 bits per heavy atom. The zero-order valence-corrected chi connectivity index (χ0v) is 9.91. The molecule has 2 N–H and O–H groups in total. The molecule has 0 fully saturated rings. The van der Waals surface area contributed by atoms with Crippen LogP contribution < -0.4 is 5.14 Å². The summed E-state index contributed by atoms with van der Waals surface area (Å²) < 4.78 is 21.4. The molecule has 86 valence electrons. The molecule has 16 heavy (non-hydrogen) atoms. The smallest absolute Gasteiger partial charge is 0.0799 e. The summed E-state index contributed by atoms with van der Waals surface area (Å²) in [5.74, 6) is 0. The van der Waals surface area contributed by atoms with Crippen LogP contribution in [-0.4, -0.2) is 18.3 Å². The first kappa shape index (κ1) is 12.9. The van der Waals surface area contributed by atoms with E-state index in [-0.39, 0.29) is 0 Å². The van der Waals surface area contributed by atoms with Gasteiger partial charge in [0, 0.05) is 23.1 Å². The molecule has 0 bridgehead atoms. The average molecular weight is 256 g/mol. The maximum absolute atomic E-state index is 8.78. The highest BCUT2D eigenvalue weighted by atomic mass is 32.2. The van der Waals surface area contributed by atoms with Gasteiger partial charge in [0.15, 0.2) is 0 Å². The Bertz CT molecular complexity index is 416. The highest BCUT2D eigenvalue weighted by Crippen LogP contribution is 2.06. The molecule has 0 spiro atoms. The molecule has 1 atom stereocenters. The Balaban J connectivity index is 0.000000280. The topological polar surface area (TPSA) is 91.9 Å². The van der Waals surface area contributed by atoms with E-state index in [1.807, 2.05) is 23.6 Å². The van der Waals surface area contributed by atoms with Crippen LogP contribution in [0.2, 0.25) is 0 Å². The zero-order valence-electron chi connectivity index (χ0n) is 8.28. The van der Waals surface area contributed by atoms with Crippen LogP contribution >= 0.6 is 11.5 Å². The van der Waals surface area contributed by atoms with Crippen LogP contribution in [0.3, 0.4) is 0 Å². The Morgan fingerprint density at radius 2 is 2.00 bits per heavy atom. The van der Waals surface area contributed by atoms with Crippen molar-refractivity contribution in [1.82, 2.24) is 9.59 Å². The predicted octanol–water partition coefficient (Wildman–Crippen LogP) is 0.868. The van der Waals surface area contributed by atoms with E-state index in [2.05, 4.69) is 26.9 Å². The zero-order chi connectivity index (χ0) is 11.8. The van der Waals surface area contributed by atoms with E-state index in [0.717, 1.165) is 12.1 Å². The molecule has 0 aliphatic carbocycles. The third-order valence-electron chi connectivity index (χ3n) is 1.63. The van der Waals surface area contributed by atoms with E-state index in [0.29, 0.717) is 0 Å². The first-order chi connectivity index (χ1) is 7.68. The van der Waals surface area contributed by atoms with Gasteiger partial charge < -0.3 is 4.55 Å². The molecule has 1 aromatic carbocycles. The number of rotatable bonds is 2. The number of nitrogens with two attached hydrogens (primary N) is 1. The van der Waals surface area contributed by atoms with Gasteiger partial charge in [0.2, 0.25) is 0 Å². The summed E-state index contributed by atoms with van der Waals surface area (Å²) in [7, 11) is 0. The third-order valence-corrected chi connectivity index (χ3v) is 2.19. The van der Waals surface area contributed by atoms with Crippen LogP contribution in [0.1, 0.15) is 11.3 Å². The Hall–Kier alpha value is -1.15. The Morgan fingerprint density at radius 1 is 1.38 bits per heavy atom. The maximum atomic E-state index is 8.78. The minimum atomic E-state index is -2.36. The van der Waals surface area contributed by atoms with Crippen LogP contribution in [0.4, 0.5) is 0 Å². The number of hydrogen-bond acceptors (Lipinski definition) is 5. The molecule has 0 saturated carbocycles. The van der Waals surface area contributed by atoms with Crippen LogP contribution in [-0.2, 0) is 17.7 Å². The van der Waals surface area contributed by atoms with Crippen LogP contribution in [0.25, 0.3) is 0 Å². The first-order valence-corrected chi connectivity index (χ1v) is 6.29. The van der Waals surface area contributed by atoms with Crippen molar-refractivity contribution in [3.8, 4) is 0 Å². The van der Waals surface area contributed by atoms with Crippen molar-refractivity contribution in [2.24, 2.45) is 5.14 Å². The summed E-state index contributed by atoms with van der Waals surface area (Å²) in [6.45, 7) is 0. The molecule has 1 unspecified atom stereocenters. The maximum Gasteiger partial charge on any atom is 0.0799 e. The van der Waals surface area contributed by atoms with Gasteiger partial charge in [-0.15, -0.1) is 5.10 Å². The molecular formula is C9H10N3O2S2-. The summed E-state index contributed by atoms with van der Waals surface area (Å²) in [6.07, 6.45) is 0.886. The summed E-state index contributed by atoms with van der Waals surface area (Å²) in [6, 6.07) is 10.3. The van der Waals surface area contributed by atoms with E-state index < -0.39 is 11.3 Å². The molecule has 2 rings (SSSR count).